The summed E-state index contributed by atoms with van der Waals surface area (Å²) in [5.41, 5.74) is 2.11. The summed E-state index contributed by atoms with van der Waals surface area (Å²) in [5.74, 6) is -0.893. The van der Waals surface area contributed by atoms with Crippen LogP contribution in [0.2, 0.25) is 0 Å². The van der Waals surface area contributed by atoms with E-state index in [4.69, 9.17) is 5.11 Å². The van der Waals surface area contributed by atoms with Crippen LogP contribution in [0.1, 0.15) is 15.9 Å². The van der Waals surface area contributed by atoms with Gasteiger partial charge in [-0.15, -0.1) is 0 Å². The van der Waals surface area contributed by atoms with Crippen LogP contribution in [0.4, 0.5) is 5.69 Å². The van der Waals surface area contributed by atoms with Gasteiger partial charge < -0.3 is 10.4 Å². The quantitative estimate of drug-likeness (QED) is 0.826. The fourth-order valence-corrected chi connectivity index (χ4v) is 2.22. The Balaban J connectivity index is 2.13. The van der Waals surface area contributed by atoms with Gasteiger partial charge in [0.1, 0.15) is 0 Å². The van der Waals surface area contributed by atoms with Crippen LogP contribution in [0, 0.1) is 3.57 Å². The monoisotopic (exact) mass is 353 g/mol. The van der Waals surface area contributed by atoms with E-state index in [-0.39, 0.29) is 0 Å². The maximum Gasteiger partial charge on any atom is 0.336 e. The van der Waals surface area contributed by atoms with Gasteiger partial charge in [-0.05, 0) is 52.4 Å². The second kappa shape index (κ2) is 5.86. The van der Waals surface area contributed by atoms with Crippen LogP contribution < -0.4 is 5.32 Å². The summed E-state index contributed by atoms with van der Waals surface area (Å²) in [5, 5.41) is 12.3. The number of aromatic carboxylic acids is 1. The lowest BCUT2D eigenvalue weighted by atomic mass is 10.1. The molecule has 0 saturated heterocycles. The summed E-state index contributed by atoms with van der Waals surface area (Å²) in [6, 6.07) is 15.0. The molecule has 3 nitrogen and oxygen atoms in total. The van der Waals surface area contributed by atoms with Crippen LogP contribution in [-0.4, -0.2) is 11.1 Å². The second-order valence-corrected chi connectivity index (χ2v) is 5.07. The van der Waals surface area contributed by atoms with Gasteiger partial charge in [0.25, 0.3) is 0 Å². The van der Waals surface area contributed by atoms with Crippen molar-refractivity contribution < 1.29 is 9.90 Å². The minimum absolute atomic E-state index is 0.343. The largest absolute Gasteiger partial charge is 0.478 e. The Kier molecular flexibility index (Phi) is 4.19. The molecule has 0 amide bonds. The average Bonchev–Trinajstić information content (AvgIpc) is 2.37. The first-order valence-corrected chi connectivity index (χ1v) is 6.55. The Labute approximate surface area is 119 Å². The molecule has 0 spiro atoms. The number of benzene rings is 2. The summed E-state index contributed by atoms with van der Waals surface area (Å²) in [6.45, 7) is 0.503. The lowest BCUT2D eigenvalue weighted by Gasteiger charge is -2.09. The highest BCUT2D eigenvalue weighted by atomic mass is 127. The van der Waals surface area contributed by atoms with E-state index in [0.29, 0.717) is 12.1 Å². The van der Waals surface area contributed by atoms with Crippen molar-refractivity contribution in [1.82, 2.24) is 0 Å². The maximum atomic E-state index is 11.1. The van der Waals surface area contributed by atoms with Gasteiger partial charge in [-0.1, -0.05) is 24.3 Å². The van der Waals surface area contributed by atoms with Gasteiger partial charge in [0.2, 0.25) is 0 Å². The van der Waals surface area contributed by atoms with E-state index < -0.39 is 5.97 Å². The first-order valence-electron chi connectivity index (χ1n) is 5.47. The Morgan fingerprint density at radius 1 is 1.17 bits per heavy atom. The predicted octanol–water partition coefficient (Wildman–Crippen LogP) is 3.60. The Morgan fingerprint density at radius 2 is 1.94 bits per heavy atom. The molecular formula is C14H12INO2. The number of carboxylic acids is 1. The molecule has 0 aliphatic heterocycles. The fourth-order valence-electron chi connectivity index (χ4n) is 1.68. The van der Waals surface area contributed by atoms with Crippen LogP contribution >= 0.6 is 22.6 Å². The van der Waals surface area contributed by atoms with Gasteiger partial charge >= 0.3 is 5.97 Å². The fraction of sp³-hybridized carbons (Fsp3) is 0.0714. The van der Waals surface area contributed by atoms with Gasteiger partial charge in [-0.25, -0.2) is 4.79 Å². The van der Waals surface area contributed by atoms with E-state index in [1.807, 2.05) is 36.4 Å². The number of carboxylic acid groups (broad SMARTS) is 1. The molecule has 0 bridgehead atoms. The molecule has 0 saturated carbocycles. The van der Waals surface area contributed by atoms with Gasteiger partial charge in [0.05, 0.1) is 5.56 Å². The number of carbonyl (C=O) groups is 1. The summed E-state index contributed by atoms with van der Waals surface area (Å²) in [7, 11) is 0. The molecule has 2 aromatic carbocycles. The third-order valence-electron chi connectivity index (χ3n) is 2.56. The molecule has 4 heteroatoms. The molecule has 0 unspecified atom stereocenters. The maximum absolute atomic E-state index is 11.1. The zero-order chi connectivity index (χ0) is 13.0. The summed E-state index contributed by atoms with van der Waals surface area (Å²) >= 11 is 2.24. The topological polar surface area (TPSA) is 49.3 Å². The summed E-state index contributed by atoms with van der Waals surface area (Å²) < 4.78 is 1.14. The van der Waals surface area contributed by atoms with Crippen molar-refractivity contribution in [3.63, 3.8) is 0 Å². The van der Waals surface area contributed by atoms with Crippen molar-refractivity contribution in [2.24, 2.45) is 0 Å². The Morgan fingerprint density at radius 3 is 2.67 bits per heavy atom. The summed E-state index contributed by atoms with van der Waals surface area (Å²) in [6.07, 6.45) is 0. The molecule has 0 aromatic heterocycles. The molecule has 0 heterocycles. The summed E-state index contributed by atoms with van der Waals surface area (Å²) in [4.78, 5) is 11.1. The zero-order valence-electron chi connectivity index (χ0n) is 9.56. The van der Waals surface area contributed by atoms with Crippen molar-refractivity contribution in [1.29, 1.82) is 0 Å². The highest BCUT2D eigenvalue weighted by Gasteiger charge is 2.08. The van der Waals surface area contributed by atoms with E-state index in [1.165, 1.54) is 0 Å². The molecule has 18 heavy (non-hydrogen) atoms. The normalized spacial score (nSPS) is 10.1. The van der Waals surface area contributed by atoms with E-state index in [1.54, 1.807) is 12.1 Å². The van der Waals surface area contributed by atoms with Crippen LogP contribution in [0.3, 0.4) is 0 Å². The zero-order valence-corrected chi connectivity index (χ0v) is 11.7. The Hall–Kier alpha value is -1.56. The van der Waals surface area contributed by atoms with Crippen LogP contribution in [0.25, 0.3) is 0 Å². The van der Waals surface area contributed by atoms with Crippen molar-refractivity contribution in [2.45, 2.75) is 6.54 Å². The van der Waals surface area contributed by atoms with Gasteiger partial charge in [0, 0.05) is 15.8 Å². The van der Waals surface area contributed by atoms with Crippen molar-refractivity contribution in [3.8, 4) is 0 Å². The van der Waals surface area contributed by atoms with E-state index >= 15 is 0 Å². The molecule has 92 valence electrons. The lowest BCUT2D eigenvalue weighted by Crippen LogP contribution is -2.07. The molecular weight excluding hydrogens is 341 g/mol. The SMILES string of the molecule is O=C(O)c1ccccc1CNc1cccc(I)c1. The smallest absolute Gasteiger partial charge is 0.336 e. The lowest BCUT2D eigenvalue weighted by molar-refractivity contribution is 0.0696. The number of rotatable bonds is 4. The first kappa shape index (κ1) is 12.9. The molecule has 0 fully saturated rings. The third-order valence-corrected chi connectivity index (χ3v) is 3.23. The molecule has 0 radical (unpaired) electrons. The minimum Gasteiger partial charge on any atom is -0.478 e. The molecule has 0 aliphatic carbocycles. The van der Waals surface area contributed by atoms with Crippen LogP contribution in [-0.2, 0) is 6.54 Å². The van der Waals surface area contributed by atoms with Crippen LogP contribution in [0.15, 0.2) is 48.5 Å². The highest BCUT2D eigenvalue weighted by Crippen LogP contribution is 2.15. The molecule has 0 atom stereocenters. The third kappa shape index (κ3) is 3.22. The molecule has 2 N–H and O–H groups in total. The van der Waals surface area contributed by atoms with E-state index in [2.05, 4.69) is 27.9 Å². The molecule has 2 rings (SSSR count). The average molecular weight is 353 g/mol. The number of nitrogens with one attached hydrogen (secondary N) is 1. The molecule has 2 aromatic rings. The minimum atomic E-state index is -0.893. The van der Waals surface area contributed by atoms with Crippen molar-refractivity contribution in [3.05, 3.63) is 63.2 Å². The van der Waals surface area contributed by atoms with Crippen molar-refractivity contribution in [2.75, 3.05) is 5.32 Å². The van der Waals surface area contributed by atoms with Gasteiger partial charge in [0.15, 0.2) is 0 Å². The van der Waals surface area contributed by atoms with Gasteiger partial charge in [-0.2, -0.15) is 0 Å². The van der Waals surface area contributed by atoms with Crippen molar-refractivity contribution >= 4 is 34.2 Å². The first-order chi connectivity index (χ1) is 8.66. The van der Waals surface area contributed by atoms with E-state index in [9.17, 15) is 4.79 Å². The Bertz CT molecular complexity index is 569. The standard InChI is InChI=1S/C14H12INO2/c15-11-5-3-6-12(8-11)16-9-10-4-1-2-7-13(10)14(17)18/h1-8,16H,9H2,(H,17,18). The number of anilines is 1. The second-order valence-electron chi connectivity index (χ2n) is 3.83. The van der Waals surface area contributed by atoms with Crippen LogP contribution in [0.5, 0.6) is 0 Å². The van der Waals surface area contributed by atoms with E-state index in [0.717, 1.165) is 14.8 Å². The molecule has 0 aliphatic rings. The highest BCUT2D eigenvalue weighted by molar-refractivity contribution is 14.1. The number of hydrogen-bond acceptors (Lipinski definition) is 2. The number of halogens is 1. The van der Waals surface area contributed by atoms with Gasteiger partial charge in [-0.3, -0.25) is 0 Å². The number of hydrogen-bond donors (Lipinski definition) is 2. The predicted molar refractivity (Wildman–Crippen MR) is 79.9 cm³/mol.